The smallest absolute Gasteiger partial charge is 0.136 e. The zero-order valence-corrected chi connectivity index (χ0v) is 31.0. The van der Waals surface area contributed by atoms with Crippen molar-refractivity contribution >= 4 is 49.8 Å². The molecule has 0 amide bonds. The SMILES string of the molecule is CC1(c2ccc3oc4cccc(-c5ccc(-c6ccc(N(c7ccccc7)c7cccc8ccccc78)cc6)cc5)c4c3c2)c2ccccc2-c2ccccc21. The lowest BCUT2D eigenvalue weighted by Crippen LogP contribution is -2.22. The summed E-state index contributed by atoms with van der Waals surface area (Å²) in [5, 5.41) is 4.74. The van der Waals surface area contributed by atoms with Crippen molar-refractivity contribution in [1.29, 1.82) is 0 Å². The summed E-state index contributed by atoms with van der Waals surface area (Å²) in [5.74, 6) is 0. The Hall–Kier alpha value is -7.16. The van der Waals surface area contributed by atoms with E-state index < -0.39 is 0 Å². The van der Waals surface area contributed by atoms with Gasteiger partial charge in [0.25, 0.3) is 0 Å². The Morgan fingerprint density at radius 2 is 0.982 bits per heavy atom. The van der Waals surface area contributed by atoms with Crippen molar-refractivity contribution in [2.24, 2.45) is 0 Å². The number of rotatable bonds is 6. The summed E-state index contributed by atoms with van der Waals surface area (Å²) in [4.78, 5) is 2.35. The van der Waals surface area contributed by atoms with Gasteiger partial charge in [0.1, 0.15) is 11.2 Å². The number of nitrogens with zero attached hydrogens (tertiary/aromatic N) is 1. The van der Waals surface area contributed by atoms with Crippen molar-refractivity contribution in [3.8, 4) is 33.4 Å². The molecular formula is C54H37NO. The summed E-state index contributed by atoms with van der Waals surface area (Å²) in [7, 11) is 0. The zero-order valence-electron chi connectivity index (χ0n) is 31.0. The molecule has 1 aliphatic rings. The number of para-hydroxylation sites is 1. The quantitative estimate of drug-likeness (QED) is 0.170. The van der Waals surface area contributed by atoms with E-state index in [-0.39, 0.29) is 5.41 Å². The third-order valence-electron chi connectivity index (χ3n) is 12.0. The Kier molecular flexibility index (Phi) is 7.33. The minimum absolute atomic E-state index is 0.274. The van der Waals surface area contributed by atoms with E-state index in [1.54, 1.807) is 0 Å². The zero-order chi connectivity index (χ0) is 37.2. The summed E-state index contributed by atoms with van der Waals surface area (Å²) in [6.45, 7) is 2.37. The third kappa shape index (κ3) is 4.96. The molecule has 264 valence electrons. The minimum atomic E-state index is -0.274. The number of hydrogen-bond donors (Lipinski definition) is 0. The number of benzene rings is 9. The molecule has 9 aromatic carbocycles. The van der Waals surface area contributed by atoms with Crippen LogP contribution in [0.25, 0.3) is 66.1 Å². The molecule has 0 saturated heterocycles. The molecule has 0 N–H and O–H groups in total. The highest BCUT2D eigenvalue weighted by Crippen LogP contribution is 2.53. The highest BCUT2D eigenvalue weighted by atomic mass is 16.3. The maximum absolute atomic E-state index is 6.51. The van der Waals surface area contributed by atoms with Gasteiger partial charge in [-0.15, -0.1) is 0 Å². The summed E-state index contributed by atoms with van der Waals surface area (Å²) in [5.41, 5.74) is 16.2. The van der Waals surface area contributed by atoms with Gasteiger partial charge >= 0.3 is 0 Å². The van der Waals surface area contributed by atoms with Crippen molar-refractivity contribution < 1.29 is 4.42 Å². The first-order valence-electron chi connectivity index (χ1n) is 19.3. The van der Waals surface area contributed by atoms with Gasteiger partial charge in [0.15, 0.2) is 0 Å². The van der Waals surface area contributed by atoms with E-state index in [4.69, 9.17) is 4.42 Å². The lowest BCUT2D eigenvalue weighted by atomic mass is 9.74. The summed E-state index contributed by atoms with van der Waals surface area (Å²) >= 11 is 0. The number of hydrogen-bond acceptors (Lipinski definition) is 2. The van der Waals surface area contributed by atoms with Gasteiger partial charge in [0, 0.05) is 32.9 Å². The molecule has 0 aliphatic heterocycles. The molecule has 56 heavy (non-hydrogen) atoms. The molecule has 0 bridgehead atoms. The van der Waals surface area contributed by atoms with Gasteiger partial charge in [-0.2, -0.15) is 0 Å². The van der Waals surface area contributed by atoms with Crippen LogP contribution in [0.3, 0.4) is 0 Å². The molecule has 1 aromatic heterocycles. The van der Waals surface area contributed by atoms with Crippen LogP contribution < -0.4 is 4.90 Å². The number of anilines is 3. The standard InChI is InChI=1S/C54H37NO/c1-54(48-21-9-7-18-45(48)46-19-8-10-22-49(46)54)40-31-34-51-47(35-40)53-44(20-12-24-52(53)56-51)39-27-25-36(26-28-39)37-29-32-42(33-30-37)55(41-15-3-2-4-16-41)50-23-11-14-38-13-5-6-17-43(38)50/h2-35H,1H3. The van der Waals surface area contributed by atoms with E-state index in [2.05, 4.69) is 218 Å². The van der Waals surface area contributed by atoms with Crippen molar-refractivity contribution in [2.75, 3.05) is 4.90 Å². The molecule has 0 saturated carbocycles. The molecule has 10 aromatic rings. The normalized spacial score (nSPS) is 12.9. The second kappa shape index (κ2) is 12.7. The van der Waals surface area contributed by atoms with Crippen molar-refractivity contribution in [2.45, 2.75) is 12.3 Å². The fourth-order valence-corrected chi connectivity index (χ4v) is 9.20. The lowest BCUT2D eigenvalue weighted by Gasteiger charge is -2.28. The van der Waals surface area contributed by atoms with Crippen molar-refractivity contribution in [1.82, 2.24) is 0 Å². The first kappa shape index (κ1) is 32.3. The van der Waals surface area contributed by atoms with Crippen LogP contribution in [0.4, 0.5) is 17.1 Å². The van der Waals surface area contributed by atoms with Gasteiger partial charge < -0.3 is 9.32 Å². The Morgan fingerprint density at radius 1 is 0.411 bits per heavy atom. The average Bonchev–Trinajstić information content (AvgIpc) is 3.78. The second-order valence-corrected chi connectivity index (χ2v) is 15.0. The van der Waals surface area contributed by atoms with Crippen LogP contribution in [-0.2, 0) is 5.41 Å². The molecular weight excluding hydrogens is 679 g/mol. The van der Waals surface area contributed by atoms with E-state index in [0.717, 1.165) is 44.6 Å². The van der Waals surface area contributed by atoms with Gasteiger partial charge in [-0.25, -0.2) is 0 Å². The predicted molar refractivity (Wildman–Crippen MR) is 234 cm³/mol. The van der Waals surface area contributed by atoms with Gasteiger partial charge in [0.05, 0.1) is 5.69 Å². The first-order valence-corrected chi connectivity index (χ1v) is 19.3. The van der Waals surface area contributed by atoms with Crippen LogP contribution in [0.15, 0.2) is 211 Å². The van der Waals surface area contributed by atoms with Crippen LogP contribution in [-0.4, -0.2) is 0 Å². The summed E-state index contributed by atoms with van der Waals surface area (Å²) < 4.78 is 6.51. The van der Waals surface area contributed by atoms with E-state index in [1.165, 1.54) is 55.3 Å². The van der Waals surface area contributed by atoms with Gasteiger partial charge in [-0.1, -0.05) is 158 Å². The van der Waals surface area contributed by atoms with E-state index >= 15 is 0 Å². The molecule has 0 fully saturated rings. The maximum atomic E-state index is 6.51. The third-order valence-corrected chi connectivity index (χ3v) is 12.0. The van der Waals surface area contributed by atoms with Crippen LogP contribution in [0.2, 0.25) is 0 Å². The molecule has 1 heterocycles. The number of furan rings is 1. The van der Waals surface area contributed by atoms with Crippen molar-refractivity contribution in [3.63, 3.8) is 0 Å². The Labute approximate surface area is 326 Å². The van der Waals surface area contributed by atoms with E-state index in [9.17, 15) is 0 Å². The molecule has 1 aliphatic carbocycles. The van der Waals surface area contributed by atoms with Crippen molar-refractivity contribution in [3.05, 3.63) is 223 Å². The van der Waals surface area contributed by atoms with E-state index in [1.807, 2.05) is 0 Å². The first-order chi connectivity index (χ1) is 27.6. The largest absolute Gasteiger partial charge is 0.456 e. The molecule has 0 unspecified atom stereocenters. The predicted octanol–water partition coefficient (Wildman–Crippen LogP) is 14.9. The molecule has 2 heteroatoms. The molecule has 0 spiro atoms. The average molecular weight is 716 g/mol. The van der Waals surface area contributed by atoms with E-state index in [0.29, 0.717) is 0 Å². The highest BCUT2D eigenvalue weighted by Gasteiger charge is 2.40. The van der Waals surface area contributed by atoms with Crippen LogP contribution in [0.1, 0.15) is 23.6 Å². The fourth-order valence-electron chi connectivity index (χ4n) is 9.20. The Morgan fingerprint density at radius 3 is 1.73 bits per heavy atom. The summed E-state index contributed by atoms with van der Waals surface area (Å²) in [6.07, 6.45) is 0. The van der Waals surface area contributed by atoms with Gasteiger partial charge in [-0.3, -0.25) is 0 Å². The van der Waals surface area contributed by atoms with Crippen LogP contribution in [0, 0.1) is 0 Å². The lowest BCUT2D eigenvalue weighted by molar-refractivity contribution is 0.667. The second-order valence-electron chi connectivity index (χ2n) is 15.0. The highest BCUT2D eigenvalue weighted by molar-refractivity contribution is 6.13. The fraction of sp³-hybridized carbons (Fsp3) is 0.0370. The molecule has 0 atom stereocenters. The number of fused-ring (bicyclic) bond motifs is 7. The maximum Gasteiger partial charge on any atom is 0.136 e. The molecule has 11 rings (SSSR count). The minimum Gasteiger partial charge on any atom is -0.456 e. The van der Waals surface area contributed by atoms with Gasteiger partial charge in [-0.05, 0) is 111 Å². The molecule has 2 nitrogen and oxygen atoms in total. The Bertz CT molecular complexity index is 3030. The monoisotopic (exact) mass is 715 g/mol. The van der Waals surface area contributed by atoms with Crippen LogP contribution in [0.5, 0.6) is 0 Å². The topological polar surface area (TPSA) is 16.4 Å². The van der Waals surface area contributed by atoms with Crippen LogP contribution >= 0.6 is 0 Å². The molecule has 0 radical (unpaired) electrons. The Balaban J connectivity index is 0.960. The van der Waals surface area contributed by atoms with Gasteiger partial charge in [0.2, 0.25) is 0 Å². The summed E-state index contributed by atoms with van der Waals surface area (Å²) in [6, 6.07) is 74.6.